The van der Waals surface area contributed by atoms with Crippen LogP contribution in [0, 0.1) is 20.2 Å². The molecule has 0 aromatic heterocycles. The van der Waals surface area contributed by atoms with Crippen LogP contribution in [0.15, 0.2) is 119 Å². The normalized spacial score (nSPS) is 11.9. The first-order valence-electron chi connectivity index (χ1n) is 13.5. The molecule has 0 aliphatic heterocycles. The van der Waals surface area contributed by atoms with Gasteiger partial charge in [-0.15, -0.1) is 20.5 Å². The minimum absolute atomic E-state index is 0. The number of aromatic hydroxyl groups is 3. The van der Waals surface area contributed by atoms with Gasteiger partial charge in [-0.05, 0) is 47.9 Å². The van der Waals surface area contributed by atoms with Crippen LogP contribution in [-0.2, 0) is 20.2 Å². The van der Waals surface area contributed by atoms with Crippen molar-refractivity contribution in [1.29, 1.82) is 0 Å². The average Bonchev–Trinajstić information content (AvgIpc) is 3.06. The molecule has 5 aromatic carbocycles. The van der Waals surface area contributed by atoms with Crippen molar-refractivity contribution in [3.8, 4) is 17.2 Å². The van der Waals surface area contributed by atoms with E-state index >= 15 is 0 Å². The van der Waals surface area contributed by atoms with Crippen LogP contribution < -0.4 is 0 Å². The minimum atomic E-state index is -5.21. The summed E-state index contributed by atoms with van der Waals surface area (Å²) in [5.41, 5.74) is -2.55. The zero-order valence-electron chi connectivity index (χ0n) is 26.9. The van der Waals surface area contributed by atoms with Crippen LogP contribution in [0.4, 0.5) is 45.5 Å². The van der Waals surface area contributed by atoms with E-state index in [0.717, 1.165) is 60.7 Å². The number of benzene rings is 5. The third kappa shape index (κ3) is 9.99. The predicted molar refractivity (Wildman–Crippen MR) is 185 cm³/mol. The zero-order valence-corrected chi connectivity index (χ0v) is 32.5. The maximum absolute atomic E-state index is 12.3. The Hall–Kier alpha value is -4.82. The summed E-state index contributed by atoms with van der Waals surface area (Å²) in [6, 6.07) is 13.2. The predicted octanol–water partition coefficient (Wildman–Crippen LogP) is 6.75. The van der Waals surface area contributed by atoms with Gasteiger partial charge in [0.15, 0.2) is 5.75 Å². The van der Waals surface area contributed by atoms with Crippen molar-refractivity contribution in [3.63, 3.8) is 0 Å². The molecular formula is C28H18N8Na2O13S2. The smallest absolute Gasteiger partial charge is 0.296 e. The standard InChI is InChI=1S/C28H18N8O13S2.2Na/c37-23-13-24(38)21(12-20(23)31-29-15-1-5-17(6-2-15)35(40)41)32-33-22-11-19(50(44,45)46)9-14-10-25(51(47,48)49)27(28(39)26(14)22)34-30-16-3-7-18(8-4-16)36(42)43;;/h1-13,37-39H,(H,44,45,46)(H,47,48,49);;. The van der Waals surface area contributed by atoms with Gasteiger partial charge in [0.25, 0.3) is 31.6 Å². The summed E-state index contributed by atoms with van der Waals surface area (Å²) in [4.78, 5) is 18.6. The zero-order chi connectivity index (χ0) is 37.2. The number of rotatable bonds is 10. The van der Waals surface area contributed by atoms with Gasteiger partial charge in [-0.3, -0.25) is 29.3 Å². The van der Waals surface area contributed by atoms with Gasteiger partial charge in [-0.25, -0.2) is 0 Å². The Morgan fingerprint density at radius 2 is 1.00 bits per heavy atom. The summed E-state index contributed by atoms with van der Waals surface area (Å²) >= 11 is 0. The first-order valence-corrected chi connectivity index (χ1v) is 16.4. The van der Waals surface area contributed by atoms with E-state index in [4.69, 9.17) is 0 Å². The molecule has 21 nitrogen and oxygen atoms in total. The summed E-state index contributed by atoms with van der Waals surface area (Å²) in [6.45, 7) is 0. The molecule has 53 heavy (non-hydrogen) atoms. The van der Waals surface area contributed by atoms with Gasteiger partial charge in [0, 0.05) is 95.5 Å². The number of hydrogen-bond acceptors (Lipinski definition) is 17. The van der Waals surface area contributed by atoms with Crippen molar-refractivity contribution in [2.75, 3.05) is 0 Å². The van der Waals surface area contributed by atoms with Gasteiger partial charge in [0.05, 0.1) is 37.2 Å². The molecule has 0 saturated heterocycles. The van der Waals surface area contributed by atoms with Crippen LogP contribution in [-0.4, -0.2) is 110 Å². The van der Waals surface area contributed by atoms with Gasteiger partial charge in [0.1, 0.15) is 33.5 Å². The van der Waals surface area contributed by atoms with E-state index in [2.05, 4.69) is 30.7 Å². The Balaban J connectivity index is 0.00000378. The topological polar surface area (TPSA) is 330 Å². The molecule has 0 heterocycles. The first-order chi connectivity index (χ1) is 23.9. The number of phenols is 3. The fourth-order valence-electron chi connectivity index (χ4n) is 4.28. The second kappa shape index (κ2) is 16.9. The summed E-state index contributed by atoms with van der Waals surface area (Å²) < 4.78 is 68.5. The maximum Gasteiger partial charge on any atom is 0.296 e. The molecule has 5 rings (SSSR count). The monoisotopic (exact) mass is 784 g/mol. The fraction of sp³-hybridized carbons (Fsp3) is 0. The van der Waals surface area contributed by atoms with Crippen molar-refractivity contribution in [2.45, 2.75) is 9.79 Å². The molecule has 0 unspecified atom stereocenters. The van der Waals surface area contributed by atoms with E-state index in [-0.39, 0.29) is 87.6 Å². The van der Waals surface area contributed by atoms with Crippen LogP contribution in [0.2, 0.25) is 0 Å². The third-order valence-electron chi connectivity index (χ3n) is 6.68. The van der Waals surface area contributed by atoms with Gasteiger partial charge >= 0.3 is 0 Å². The maximum atomic E-state index is 12.3. The van der Waals surface area contributed by atoms with E-state index in [9.17, 15) is 61.5 Å². The van der Waals surface area contributed by atoms with Crippen molar-refractivity contribution in [3.05, 3.63) is 99.1 Å². The molecule has 2 radical (unpaired) electrons. The molecule has 0 spiro atoms. The van der Waals surface area contributed by atoms with Crippen molar-refractivity contribution in [1.82, 2.24) is 0 Å². The minimum Gasteiger partial charge on any atom is -0.505 e. The van der Waals surface area contributed by atoms with Gasteiger partial charge < -0.3 is 15.3 Å². The SMILES string of the molecule is O=[N+]([O-])c1ccc(N=Nc2cc(N=Nc3cc(S(=O)(=O)O)cc4cc(S(=O)(=O)O)c(N=Nc5ccc([N+](=O)[O-])cc5)c(O)c34)c(O)cc2O)cc1.[Na].[Na]. The van der Waals surface area contributed by atoms with E-state index in [1.54, 1.807) is 0 Å². The molecule has 0 saturated carbocycles. The summed E-state index contributed by atoms with van der Waals surface area (Å²) in [5.74, 6) is -2.31. The van der Waals surface area contributed by atoms with Gasteiger partial charge in [-0.2, -0.15) is 27.1 Å². The molecule has 0 fully saturated rings. The van der Waals surface area contributed by atoms with Crippen molar-refractivity contribution >= 4 is 136 Å². The molecule has 0 amide bonds. The van der Waals surface area contributed by atoms with E-state index < -0.39 is 85.0 Å². The number of non-ortho nitro benzene ring substituents is 2. The number of hydrogen-bond donors (Lipinski definition) is 5. The van der Waals surface area contributed by atoms with Crippen LogP contribution in [0.25, 0.3) is 10.8 Å². The Morgan fingerprint density at radius 3 is 1.45 bits per heavy atom. The molecule has 5 aromatic rings. The third-order valence-corrected chi connectivity index (χ3v) is 8.37. The van der Waals surface area contributed by atoms with Crippen molar-refractivity contribution < 1.29 is 51.1 Å². The summed E-state index contributed by atoms with van der Waals surface area (Å²) in [5, 5.41) is 75.7. The van der Waals surface area contributed by atoms with Crippen LogP contribution in [0.1, 0.15) is 0 Å². The van der Waals surface area contributed by atoms with Gasteiger partial charge in [-0.1, -0.05) is 0 Å². The molecule has 0 bridgehead atoms. The van der Waals surface area contributed by atoms with Crippen LogP contribution in [0.3, 0.4) is 0 Å². The molecular weight excluding hydrogens is 766 g/mol. The quantitative estimate of drug-likeness (QED) is 0.0322. The number of nitro benzene ring substituents is 2. The number of nitro groups is 2. The molecule has 25 heteroatoms. The number of fused-ring (bicyclic) bond motifs is 1. The Labute approximate surface area is 340 Å². The largest absolute Gasteiger partial charge is 0.505 e. The van der Waals surface area contributed by atoms with E-state index in [1.807, 2.05) is 0 Å². The summed E-state index contributed by atoms with van der Waals surface area (Å²) in [6.07, 6.45) is 0. The number of azo groups is 3. The van der Waals surface area contributed by atoms with Crippen molar-refractivity contribution in [2.24, 2.45) is 30.7 Å². The fourth-order valence-corrected chi connectivity index (χ4v) is 5.48. The molecule has 0 aliphatic rings. The first kappa shape index (κ1) is 42.6. The average molecular weight is 785 g/mol. The second-order valence-corrected chi connectivity index (χ2v) is 12.9. The van der Waals surface area contributed by atoms with Crippen LogP contribution >= 0.6 is 0 Å². The van der Waals surface area contributed by atoms with E-state index in [1.165, 1.54) is 12.1 Å². The molecule has 262 valence electrons. The number of nitrogens with zero attached hydrogens (tertiary/aromatic N) is 8. The molecule has 5 N–H and O–H groups in total. The van der Waals surface area contributed by atoms with E-state index in [0.29, 0.717) is 6.07 Å². The Morgan fingerprint density at radius 1 is 0.547 bits per heavy atom. The van der Waals surface area contributed by atoms with Gasteiger partial charge in [0.2, 0.25) is 0 Å². The number of phenolic OH excluding ortho intramolecular Hbond substituents is 3. The Bertz CT molecular complexity index is 2570. The molecule has 0 aliphatic carbocycles. The second-order valence-electron chi connectivity index (χ2n) is 10.0. The molecule has 0 atom stereocenters. The van der Waals surface area contributed by atoms with Crippen LogP contribution in [0.5, 0.6) is 17.2 Å². The summed E-state index contributed by atoms with van der Waals surface area (Å²) in [7, 11) is -10.2. The Kier molecular flexibility index (Phi) is 13.6.